The van der Waals surface area contributed by atoms with E-state index < -0.39 is 0 Å². The van der Waals surface area contributed by atoms with E-state index in [2.05, 4.69) is 30.4 Å². The van der Waals surface area contributed by atoms with Crippen LogP contribution < -0.4 is 11.1 Å². The van der Waals surface area contributed by atoms with Gasteiger partial charge < -0.3 is 11.1 Å². The smallest absolute Gasteiger partial charge is 0.251 e. The summed E-state index contributed by atoms with van der Waals surface area (Å²) >= 11 is 5.90. The second kappa shape index (κ2) is 6.44. The number of anilines is 1. The molecule has 2 rings (SSSR count). The third-order valence-electron chi connectivity index (χ3n) is 3.04. The van der Waals surface area contributed by atoms with Crippen molar-refractivity contribution in [1.29, 1.82) is 0 Å². The number of aryl methyl sites for hydroxylation is 1. The summed E-state index contributed by atoms with van der Waals surface area (Å²) in [5.41, 5.74) is 9.04. The fourth-order valence-electron chi connectivity index (χ4n) is 1.96. The van der Waals surface area contributed by atoms with Crippen molar-refractivity contribution in [2.75, 3.05) is 12.3 Å². The molecule has 2 aromatic rings. The number of amides is 1. The van der Waals surface area contributed by atoms with Gasteiger partial charge >= 0.3 is 0 Å². The fourth-order valence-corrected chi connectivity index (χ4v) is 2.14. The molecule has 1 amide bonds. The zero-order valence-corrected chi connectivity index (χ0v) is 12.1. The largest absolute Gasteiger partial charge is 0.398 e. The number of benzene rings is 2. The second-order valence-electron chi connectivity index (χ2n) is 4.73. The Kier molecular flexibility index (Phi) is 4.64. The lowest BCUT2D eigenvalue weighted by Gasteiger charge is -2.07. The molecule has 0 bridgehead atoms. The summed E-state index contributed by atoms with van der Waals surface area (Å²) < 4.78 is 0. The number of nitrogens with one attached hydrogen (secondary N) is 1. The van der Waals surface area contributed by atoms with Gasteiger partial charge in [0.15, 0.2) is 0 Å². The van der Waals surface area contributed by atoms with Crippen molar-refractivity contribution in [3.8, 4) is 0 Å². The molecule has 0 fully saturated rings. The highest BCUT2D eigenvalue weighted by Gasteiger charge is 2.07. The number of hydrogen-bond acceptors (Lipinski definition) is 2. The van der Waals surface area contributed by atoms with Gasteiger partial charge in [-0.15, -0.1) is 0 Å². The zero-order chi connectivity index (χ0) is 14.5. The molecule has 0 spiro atoms. The lowest BCUT2D eigenvalue weighted by molar-refractivity contribution is 0.0954. The maximum Gasteiger partial charge on any atom is 0.251 e. The number of halogens is 1. The molecule has 20 heavy (non-hydrogen) atoms. The Morgan fingerprint density at radius 2 is 2.05 bits per heavy atom. The minimum absolute atomic E-state index is 0.139. The minimum Gasteiger partial charge on any atom is -0.398 e. The van der Waals surface area contributed by atoms with Crippen LogP contribution in [0, 0.1) is 6.92 Å². The summed E-state index contributed by atoms with van der Waals surface area (Å²) in [7, 11) is 0. The quantitative estimate of drug-likeness (QED) is 0.849. The summed E-state index contributed by atoms with van der Waals surface area (Å²) in [6.07, 6.45) is 0.802. The first-order valence-electron chi connectivity index (χ1n) is 6.45. The molecule has 3 nitrogen and oxygen atoms in total. The molecule has 0 heterocycles. The Bertz CT molecular complexity index is 626. The highest BCUT2D eigenvalue weighted by Crippen LogP contribution is 2.19. The van der Waals surface area contributed by atoms with Gasteiger partial charge in [0.2, 0.25) is 0 Å². The van der Waals surface area contributed by atoms with Gasteiger partial charge in [-0.1, -0.05) is 41.4 Å². The van der Waals surface area contributed by atoms with E-state index in [9.17, 15) is 4.79 Å². The van der Waals surface area contributed by atoms with E-state index >= 15 is 0 Å². The van der Waals surface area contributed by atoms with Crippen LogP contribution in [0.3, 0.4) is 0 Å². The average molecular weight is 289 g/mol. The molecule has 0 aliphatic rings. The van der Waals surface area contributed by atoms with E-state index in [0.717, 1.165) is 6.42 Å². The SMILES string of the molecule is Cc1cccc(CCNC(=O)c2ccc(N)c(Cl)c2)c1. The third-order valence-corrected chi connectivity index (χ3v) is 3.37. The van der Waals surface area contributed by atoms with Crippen molar-refractivity contribution in [2.45, 2.75) is 13.3 Å². The maximum atomic E-state index is 12.0. The number of carbonyl (C=O) groups is 1. The first kappa shape index (κ1) is 14.4. The van der Waals surface area contributed by atoms with Crippen LogP contribution in [-0.4, -0.2) is 12.5 Å². The second-order valence-corrected chi connectivity index (χ2v) is 5.14. The first-order chi connectivity index (χ1) is 9.56. The summed E-state index contributed by atoms with van der Waals surface area (Å²) in [6, 6.07) is 13.1. The Labute approximate surface area is 123 Å². The first-order valence-corrected chi connectivity index (χ1v) is 6.83. The summed E-state index contributed by atoms with van der Waals surface area (Å²) in [5, 5.41) is 3.27. The lowest BCUT2D eigenvalue weighted by Crippen LogP contribution is -2.25. The molecule has 2 aromatic carbocycles. The number of nitrogens with two attached hydrogens (primary N) is 1. The standard InChI is InChI=1S/C16H17ClN2O/c1-11-3-2-4-12(9-11)7-8-19-16(20)13-5-6-15(18)14(17)10-13/h2-6,9-10H,7-8,18H2,1H3,(H,19,20). The Morgan fingerprint density at radius 1 is 1.25 bits per heavy atom. The van der Waals surface area contributed by atoms with Crippen LogP contribution in [0.2, 0.25) is 5.02 Å². The number of rotatable bonds is 4. The van der Waals surface area contributed by atoms with Crippen molar-refractivity contribution < 1.29 is 4.79 Å². The highest BCUT2D eigenvalue weighted by atomic mass is 35.5. The summed E-state index contributed by atoms with van der Waals surface area (Å²) in [5.74, 6) is -0.139. The van der Waals surface area contributed by atoms with Crippen molar-refractivity contribution >= 4 is 23.2 Å². The Balaban J connectivity index is 1.90. The number of carbonyl (C=O) groups excluding carboxylic acids is 1. The van der Waals surface area contributed by atoms with E-state index in [1.165, 1.54) is 11.1 Å². The van der Waals surface area contributed by atoms with Gasteiger partial charge in [-0.3, -0.25) is 4.79 Å². The van der Waals surface area contributed by atoms with Crippen LogP contribution in [0.4, 0.5) is 5.69 Å². The molecule has 104 valence electrons. The van der Waals surface area contributed by atoms with E-state index in [-0.39, 0.29) is 5.91 Å². The number of nitrogen functional groups attached to an aromatic ring is 1. The van der Waals surface area contributed by atoms with Crippen molar-refractivity contribution in [3.05, 3.63) is 64.2 Å². The van der Waals surface area contributed by atoms with Gasteiger partial charge in [-0.2, -0.15) is 0 Å². The van der Waals surface area contributed by atoms with Crippen molar-refractivity contribution in [3.63, 3.8) is 0 Å². The molecular weight excluding hydrogens is 272 g/mol. The average Bonchev–Trinajstić information content (AvgIpc) is 2.42. The van der Waals surface area contributed by atoms with Gasteiger partial charge in [-0.05, 0) is 37.1 Å². The molecule has 0 radical (unpaired) electrons. The molecular formula is C16H17ClN2O. The van der Waals surface area contributed by atoms with E-state index in [1.807, 2.05) is 6.07 Å². The zero-order valence-electron chi connectivity index (χ0n) is 11.3. The van der Waals surface area contributed by atoms with E-state index in [4.69, 9.17) is 17.3 Å². The van der Waals surface area contributed by atoms with E-state index in [0.29, 0.717) is 22.8 Å². The monoisotopic (exact) mass is 288 g/mol. The van der Waals surface area contributed by atoms with Gasteiger partial charge in [0, 0.05) is 12.1 Å². The molecule has 4 heteroatoms. The molecule has 3 N–H and O–H groups in total. The topological polar surface area (TPSA) is 55.1 Å². The van der Waals surface area contributed by atoms with Crippen LogP contribution in [0.15, 0.2) is 42.5 Å². The van der Waals surface area contributed by atoms with Gasteiger partial charge in [-0.25, -0.2) is 0 Å². The van der Waals surface area contributed by atoms with Crippen LogP contribution in [0.1, 0.15) is 21.5 Å². The highest BCUT2D eigenvalue weighted by molar-refractivity contribution is 6.33. The predicted octanol–water partition coefficient (Wildman–Crippen LogP) is 3.20. The van der Waals surface area contributed by atoms with Crippen molar-refractivity contribution in [2.24, 2.45) is 0 Å². The van der Waals surface area contributed by atoms with Gasteiger partial charge in [0.1, 0.15) is 0 Å². The summed E-state index contributed by atoms with van der Waals surface area (Å²) in [6.45, 7) is 2.64. The predicted molar refractivity (Wildman–Crippen MR) is 83.1 cm³/mol. The Morgan fingerprint density at radius 3 is 2.75 bits per heavy atom. The molecule has 0 saturated carbocycles. The lowest BCUT2D eigenvalue weighted by atomic mass is 10.1. The van der Waals surface area contributed by atoms with Crippen LogP contribution in [-0.2, 0) is 6.42 Å². The maximum absolute atomic E-state index is 12.0. The third kappa shape index (κ3) is 3.75. The molecule has 0 atom stereocenters. The summed E-state index contributed by atoms with van der Waals surface area (Å²) in [4.78, 5) is 12.0. The molecule has 0 unspecified atom stereocenters. The molecule has 0 saturated heterocycles. The molecule has 0 aromatic heterocycles. The normalized spacial score (nSPS) is 10.3. The molecule has 0 aliphatic carbocycles. The van der Waals surface area contributed by atoms with E-state index in [1.54, 1.807) is 18.2 Å². The fraction of sp³-hybridized carbons (Fsp3) is 0.188. The van der Waals surface area contributed by atoms with Crippen LogP contribution >= 0.6 is 11.6 Å². The van der Waals surface area contributed by atoms with Crippen LogP contribution in [0.25, 0.3) is 0 Å². The minimum atomic E-state index is -0.139. The van der Waals surface area contributed by atoms with Crippen molar-refractivity contribution in [1.82, 2.24) is 5.32 Å². The van der Waals surface area contributed by atoms with Gasteiger partial charge in [0.05, 0.1) is 10.7 Å². The number of hydrogen-bond donors (Lipinski definition) is 2. The molecule has 0 aliphatic heterocycles. The Hall–Kier alpha value is -2.00. The van der Waals surface area contributed by atoms with Crippen LogP contribution in [0.5, 0.6) is 0 Å². The van der Waals surface area contributed by atoms with Gasteiger partial charge in [0.25, 0.3) is 5.91 Å².